The molecule has 0 unspecified atom stereocenters. The molecule has 24 heavy (non-hydrogen) atoms. The van der Waals surface area contributed by atoms with Crippen LogP contribution in [0.15, 0.2) is 35.7 Å². The minimum Gasteiger partial charge on any atom is -0.368 e. The number of benzene rings is 1. The molecule has 128 valence electrons. The number of carbonyl (C=O) groups is 1. The third kappa shape index (κ3) is 4.20. The van der Waals surface area contributed by atoms with Gasteiger partial charge >= 0.3 is 0 Å². The zero-order chi connectivity index (χ0) is 16.9. The van der Waals surface area contributed by atoms with Crippen LogP contribution in [0.4, 0.5) is 0 Å². The Kier molecular flexibility index (Phi) is 5.60. The van der Waals surface area contributed by atoms with Crippen molar-refractivity contribution in [2.45, 2.75) is 12.5 Å². The first-order chi connectivity index (χ1) is 11.6. The number of hydrogen-bond donors (Lipinski definition) is 0. The zero-order valence-electron chi connectivity index (χ0n) is 14.1. The van der Waals surface area contributed by atoms with Crippen LogP contribution in [0.3, 0.4) is 0 Å². The van der Waals surface area contributed by atoms with Crippen molar-refractivity contribution >= 4 is 17.2 Å². The molecule has 0 bridgehead atoms. The zero-order valence-corrected chi connectivity index (χ0v) is 15.0. The summed E-state index contributed by atoms with van der Waals surface area (Å²) in [7, 11) is 3.59. The van der Waals surface area contributed by atoms with Crippen LogP contribution in [0.25, 0.3) is 11.3 Å². The van der Waals surface area contributed by atoms with Gasteiger partial charge in [-0.05, 0) is 0 Å². The van der Waals surface area contributed by atoms with Crippen molar-refractivity contribution in [2.75, 3.05) is 40.3 Å². The van der Waals surface area contributed by atoms with Crippen LogP contribution >= 0.6 is 11.3 Å². The minimum absolute atomic E-state index is 0.00401. The fraction of sp³-hybridized carbons (Fsp3) is 0.444. The molecular weight excluding hydrogens is 322 g/mol. The third-order valence-electron chi connectivity index (χ3n) is 4.16. The number of morpholine rings is 1. The lowest BCUT2D eigenvalue weighted by Crippen LogP contribution is -2.40. The van der Waals surface area contributed by atoms with Crippen LogP contribution in [0.5, 0.6) is 0 Å². The molecule has 2 aromatic rings. The maximum Gasteiger partial charge on any atom is 0.223 e. The number of carbonyl (C=O) groups excluding carboxylic acids is 1. The van der Waals surface area contributed by atoms with Crippen molar-refractivity contribution in [3.05, 3.63) is 40.7 Å². The van der Waals surface area contributed by atoms with Gasteiger partial charge in [-0.25, -0.2) is 4.98 Å². The largest absolute Gasteiger partial charge is 0.368 e. The second kappa shape index (κ2) is 7.88. The molecule has 1 atom stereocenters. The van der Waals surface area contributed by atoms with Crippen LogP contribution in [0.2, 0.25) is 0 Å². The van der Waals surface area contributed by atoms with E-state index in [1.54, 1.807) is 30.3 Å². The highest BCUT2D eigenvalue weighted by molar-refractivity contribution is 7.10. The molecule has 5 nitrogen and oxygen atoms in total. The van der Waals surface area contributed by atoms with E-state index in [9.17, 15) is 4.79 Å². The monoisotopic (exact) mass is 345 g/mol. The Balaban J connectivity index is 1.61. The highest BCUT2D eigenvalue weighted by Crippen LogP contribution is 2.29. The lowest BCUT2D eigenvalue weighted by atomic mass is 10.2. The molecule has 0 spiro atoms. The second-order valence-electron chi connectivity index (χ2n) is 6.14. The molecule has 0 saturated carbocycles. The van der Waals surface area contributed by atoms with E-state index in [4.69, 9.17) is 9.72 Å². The molecule has 1 amide bonds. The van der Waals surface area contributed by atoms with Gasteiger partial charge in [0, 0.05) is 51.1 Å². The van der Waals surface area contributed by atoms with Crippen LogP contribution in [0, 0.1) is 0 Å². The highest BCUT2D eigenvalue weighted by atomic mass is 32.1. The predicted molar refractivity (Wildman–Crippen MR) is 96.0 cm³/mol. The van der Waals surface area contributed by atoms with Gasteiger partial charge < -0.3 is 9.64 Å². The standard InChI is InChI=1S/C18H23N3O2S/c1-20(2)17(22)8-9-21-10-11-23-16(12-21)18-19-15(13-24-18)14-6-4-3-5-7-14/h3-7,13,16H,8-12H2,1-2H3/t16-/m0/s1. The Hall–Kier alpha value is -1.76. The lowest BCUT2D eigenvalue weighted by molar-refractivity contribution is -0.129. The smallest absolute Gasteiger partial charge is 0.223 e. The van der Waals surface area contributed by atoms with Gasteiger partial charge in [-0.3, -0.25) is 9.69 Å². The summed E-state index contributed by atoms with van der Waals surface area (Å²) in [6, 6.07) is 10.2. The number of hydrogen-bond acceptors (Lipinski definition) is 5. The molecule has 1 saturated heterocycles. The molecule has 1 fully saturated rings. The highest BCUT2D eigenvalue weighted by Gasteiger charge is 2.25. The molecule has 1 aromatic heterocycles. The van der Waals surface area contributed by atoms with Crippen molar-refractivity contribution in [2.24, 2.45) is 0 Å². The van der Waals surface area contributed by atoms with E-state index in [0.717, 1.165) is 35.9 Å². The summed E-state index contributed by atoms with van der Waals surface area (Å²) in [5.74, 6) is 0.165. The number of ether oxygens (including phenoxy) is 1. The first-order valence-electron chi connectivity index (χ1n) is 8.18. The molecule has 1 aliphatic heterocycles. The van der Waals surface area contributed by atoms with E-state index in [-0.39, 0.29) is 12.0 Å². The summed E-state index contributed by atoms with van der Waals surface area (Å²) in [5.41, 5.74) is 2.13. The lowest BCUT2D eigenvalue weighted by Gasteiger charge is -2.32. The number of rotatable bonds is 5. The summed E-state index contributed by atoms with van der Waals surface area (Å²) >= 11 is 1.64. The number of aromatic nitrogens is 1. The molecule has 2 heterocycles. The Morgan fingerprint density at radius 1 is 1.38 bits per heavy atom. The average Bonchev–Trinajstić information content (AvgIpc) is 3.11. The quantitative estimate of drug-likeness (QED) is 0.836. The molecule has 6 heteroatoms. The van der Waals surface area contributed by atoms with Crippen molar-refractivity contribution in [1.29, 1.82) is 0 Å². The molecule has 0 radical (unpaired) electrons. The first kappa shape index (κ1) is 17.1. The van der Waals surface area contributed by atoms with Crippen LogP contribution < -0.4 is 0 Å². The van der Waals surface area contributed by atoms with E-state index in [0.29, 0.717) is 13.0 Å². The molecule has 3 rings (SSSR count). The predicted octanol–water partition coefficient (Wildman–Crippen LogP) is 2.66. The van der Waals surface area contributed by atoms with Gasteiger partial charge in [0.15, 0.2) is 0 Å². The van der Waals surface area contributed by atoms with Gasteiger partial charge in [-0.2, -0.15) is 0 Å². The number of amides is 1. The maximum absolute atomic E-state index is 11.8. The fourth-order valence-electron chi connectivity index (χ4n) is 2.71. The third-order valence-corrected chi connectivity index (χ3v) is 5.09. The van der Waals surface area contributed by atoms with Crippen molar-refractivity contribution in [3.8, 4) is 11.3 Å². The normalized spacial score (nSPS) is 18.5. The van der Waals surface area contributed by atoms with Gasteiger partial charge in [-0.15, -0.1) is 11.3 Å². The summed E-state index contributed by atoms with van der Waals surface area (Å²) in [4.78, 5) is 20.4. The minimum atomic E-state index is -0.00401. The average molecular weight is 345 g/mol. The van der Waals surface area contributed by atoms with Gasteiger partial charge in [0.05, 0.1) is 12.3 Å². The van der Waals surface area contributed by atoms with Gasteiger partial charge in [0.2, 0.25) is 5.91 Å². The molecule has 0 N–H and O–H groups in total. The van der Waals surface area contributed by atoms with E-state index in [2.05, 4.69) is 22.4 Å². The van der Waals surface area contributed by atoms with E-state index >= 15 is 0 Å². The Morgan fingerprint density at radius 2 is 2.17 bits per heavy atom. The summed E-state index contributed by atoms with van der Waals surface area (Å²) < 4.78 is 5.91. The topological polar surface area (TPSA) is 45.7 Å². The van der Waals surface area contributed by atoms with Gasteiger partial charge in [0.1, 0.15) is 11.1 Å². The molecule has 0 aliphatic carbocycles. The Morgan fingerprint density at radius 3 is 2.92 bits per heavy atom. The van der Waals surface area contributed by atoms with E-state index in [1.807, 2.05) is 18.2 Å². The Labute approximate surface area is 146 Å². The number of thiazole rings is 1. The fourth-order valence-corrected chi connectivity index (χ4v) is 3.58. The SMILES string of the molecule is CN(C)C(=O)CCN1CCO[C@H](c2nc(-c3ccccc3)cs2)C1. The van der Waals surface area contributed by atoms with Crippen molar-refractivity contribution < 1.29 is 9.53 Å². The van der Waals surface area contributed by atoms with Crippen molar-refractivity contribution in [3.63, 3.8) is 0 Å². The van der Waals surface area contributed by atoms with Crippen LogP contribution in [-0.2, 0) is 9.53 Å². The van der Waals surface area contributed by atoms with E-state index < -0.39 is 0 Å². The molecular formula is C18H23N3O2S. The Bertz CT molecular complexity index is 672. The first-order valence-corrected chi connectivity index (χ1v) is 9.06. The summed E-state index contributed by atoms with van der Waals surface area (Å²) in [5, 5.41) is 3.10. The molecule has 1 aliphatic rings. The summed E-state index contributed by atoms with van der Waals surface area (Å²) in [6.07, 6.45) is 0.544. The van der Waals surface area contributed by atoms with Crippen LogP contribution in [-0.4, -0.2) is 61.0 Å². The number of nitrogens with zero attached hydrogens (tertiary/aromatic N) is 3. The summed E-state index contributed by atoms with van der Waals surface area (Å²) in [6.45, 7) is 3.12. The van der Waals surface area contributed by atoms with Crippen molar-refractivity contribution in [1.82, 2.24) is 14.8 Å². The second-order valence-corrected chi connectivity index (χ2v) is 7.02. The van der Waals surface area contributed by atoms with Gasteiger partial charge in [-0.1, -0.05) is 30.3 Å². The maximum atomic E-state index is 11.8. The van der Waals surface area contributed by atoms with Crippen LogP contribution in [0.1, 0.15) is 17.5 Å². The van der Waals surface area contributed by atoms with E-state index in [1.165, 1.54) is 0 Å². The van der Waals surface area contributed by atoms with Gasteiger partial charge in [0.25, 0.3) is 0 Å². The molecule has 1 aromatic carbocycles.